The van der Waals surface area contributed by atoms with Crippen molar-refractivity contribution in [1.29, 1.82) is 0 Å². The van der Waals surface area contributed by atoms with Gasteiger partial charge in [0.15, 0.2) is 0 Å². The Labute approximate surface area is 121 Å². The van der Waals surface area contributed by atoms with E-state index in [1.54, 1.807) is 0 Å². The zero-order valence-corrected chi connectivity index (χ0v) is 12.5. The quantitative estimate of drug-likeness (QED) is 0.712. The monoisotopic (exact) mass is 272 g/mol. The van der Waals surface area contributed by atoms with Gasteiger partial charge in [-0.2, -0.15) is 0 Å². The van der Waals surface area contributed by atoms with Crippen LogP contribution >= 0.6 is 0 Å². The van der Waals surface area contributed by atoms with Crippen molar-refractivity contribution in [3.63, 3.8) is 0 Å². The molecule has 0 radical (unpaired) electrons. The molecular formula is C17H24N2O. The minimum atomic E-state index is 0.789. The van der Waals surface area contributed by atoms with Crippen LogP contribution in [0.4, 0.5) is 5.82 Å². The van der Waals surface area contributed by atoms with Crippen molar-refractivity contribution in [2.45, 2.75) is 39.5 Å². The van der Waals surface area contributed by atoms with Gasteiger partial charge >= 0.3 is 0 Å². The lowest BCUT2D eigenvalue weighted by Crippen LogP contribution is -2.02. The summed E-state index contributed by atoms with van der Waals surface area (Å²) in [5.74, 6) is 1.88. The first-order valence-corrected chi connectivity index (χ1v) is 7.60. The summed E-state index contributed by atoms with van der Waals surface area (Å²) < 4.78 is 5.82. The number of aromatic nitrogens is 1. The SMILES string of the molecule is CCCCCOc1ccc2ccnc(NCCC)c2c1. The minimum Gasteiger partial charge on any atom is -0.494 e. The number of hydrogen-bond donors (Lipinski definition) is 1. The van der Waals surface area contributed by atoms with Gasteiger partial charge in [-0.25, -0.2) is 4.98 Å². The zero-order chi connectivity index (χ0) is 14.2. The first-order chi connectivity index (χ1) is 9.85. The molecule has 3 heteroatoms. The number of nitrogens with zero attached hydrogens (tertiary/aromatic N) is 1. The second-order valence-corrected chi connectivity index (χ2v) is 5.02. The summed E-state index contributed by atoms with van der Waals surface area (Å²) in [6.45, 7) is 6.08. The van der Waals surface area contributed by atoms with E-state index in [-0.39, 0.29) is 0 Å². The molecule has 0 atom stereocenters. The molecule has 0 aliphatic carbocycles. The minimum absolute atomic E-state index is 0.789. The maximum atomic E-state index is 5.82. The smallest absolute Gasteiger partial charge is 0.133 e. The molecule has 0 saturated heterocycles. The van der Waals surface area contributed by atoms with E-state index in [0.29, 0.717) is 0 Å². The fourth-order valence-corrected chi connectivity index (χ4v) is 2.16. The molecule has 108 valence electrons. The molecule has 1 heterocycles. The predicted octanol–water partition coefficient (Wildman–Crippen LogP) is 4.63. The Hall–Kier alpha value is -1.77. The van der Waals surface area contributed by atoms with Crippen LogP contribution in [0.2, 0.25) is 0 Å². The Kier molecular flexibility index (Phi) is 5.66. The van der Waals surface area contributed by atoms with Crippen molar-refractivity contribution in [3.8, 4) is 5.75 Å². The molecule has 0 bridgehead atoms. The van der Waals surface area contributed by atoms with Gasteiger partial charge in [-0.3, -0.25) is 0 Å². The Morgan fingerprint density at radius 1 is 1.10 bits per heavy atom. The fourth-order valence-electron chi connectivity index (χ4n) is 2.16. The second-order valence-electron chi connectivity index (χ2n) is 5.02. The summed E-state index contributed by atoms with van der Waals surface area (Å²) in [4.78, 5) is 4.43. The van der Waals surface area contributed by atoms with E-state index in [0.717, 1.165) is 42.9 Å². The molecule has 0 fully saturated rings. The van der Waals surface area contributed by atoms with E-state index in [4.69, 9.17) is 4.74 Å². The van der Waals surface area contributed by atoms with Gasteiger partial charge in [0.1, 0.15) is 11.6 Å². The van der Waals surface area contributed by atoms with Crippen molar-refractivity contribution in [1.82, 2.24) is 4.98 Å². The summed E-state index contributed by atoms with van der Waals surface area (Å²) in [6.07, 6.45) is 6.49. The molecule has 0 aliphatic rings. The third kappa shape index (κ3) is 3.86. The molecule has 0 amide bonds. The van der Waals surface area contributed by atoms with Gasteiger partial charge in [0, 0.05) is 18.1 Å². The van der Waals surface area contributed by atoms with Crippen molar-refractivity contribution >= 4 is 16.6 Å². The van der Waals surface area contributed by atoms with Crippen LogP contribution in [0.25, 0.3) is 10.8 Å². The van der Waals surface area contributed by atoms with Gasteiger partial charge in [-0.1, -0.05) is 32.8 Å². The van der Waals surface area contributed by atoms with Gasteiger partial charge in [0.25, 0.3) is 0 Å². The molecule has 3 nitrogen and oxygen atoms in total. The van der Waals surface area contributed by atoms with Crippen LogP contribution in [0, 0.1) is 0 Å². The number of anilines is 1. The maximum Gasteiger partial charge on any atom is 0.133 e. The van der Waals surface area contributed by atoms with Crippen molar-refractivity contribution < 1.29 is 4.74 Å². The lowest BCUT2D eigenvalue weighted by atomic mass is 10.1. The third-order valence-electron chi connectivity index (χ3n) is 3.30. The molecule has 1 N–H and O–H groups in total. The zero-order valence-electron chi connectivity index (χ0n) is 12.5. The normalized spacial score (nSPS) is 10.7. The van der Waals surface area contributed by atoms with Crippen molar-refractivity contribution in [2.24, 2.45) is 0 Å². The number of rotatable bonds is 8. The Balaban J connectivity index is 2.13. The highest BCUT2D eigenvalue weighted by Gasteiger charge is 2.03. The summed E-state index contributed by atoms with van der Waals surface area (Å²) in [7, 11) is 0. The lowest BCUT2D eigenvalue weighted by Gasteiger charge is -2.10. The second kappa shape index (κ2) is 7.73. The van der Waals surface area contributed by atoms with Gasteiger partial charge in [0.05, 0.1) is 6.61 Å². The third-order valence-corrected chi connectivity index (χ3v) is 3.30. The van der Waals surface area contributed by atoms with Crippen LogP contribution in [-0.2, 0) is 0 Å². The number of nitrogens with one attached hydrogen (secondary N) is 1. The fraction of sp³-hybridized carbons (Fsp3) is 0.471. The van der Waals surface area contributed by atoms with Crippen molar-refractivity contribution in [2.75, 3.05) is 18.5 Å². The van der Waals surface area contributed by atoms with Crippen LogP contribution in [0.3, 0.4) is 0 Å². The molecule has 1 aromatic carbocycles. The number of fused-ring (bicyclic) bond motifs is 1. The highest BCUT2D eigenvalue weighted by molar-refractivity contribution is 5.92. The van der Waals surface area contributed by atoms with Gasteiger partial charge in [0.2, 0.25) is 0 Å². The molecule has 0 saturated carbocycles. The first-order valence-electron chi connectivity index (χ1n) is 7.60. The highest BCUT2D eigenvalue weighted by atomic mass is 16.5. The molecule has 1 aromatic heterocycles. The number of ether oxygens (including phenoxy) is 1. The Morgan fingerprint density at radius 2 is 2.00 bits per heavy atom. The predicted molar refractivity (Wildman–Crippen MR) is 85.5 cm³/mol. The number of unbranched alkanes of at least 4 members (excludes halogenated alkanes) is 2. The Morgan fingerprint density at radius 3 is 2.80 bits per heavy atom. The summed E-state index contributed by atoms with van der Waals surface area (Å²) in [5.41, 5.74) is 0. The largest absolute Gasteiger partial charge is 0.494 e. The van der Waals surface area contributed by atoms with Crippen LogP contribution in [-0.4, -0.2) is 18.1 Å². The average molecular weight is 272 g/mol. The van der Waals surface area contributed by atoms with Gasteiger partial charge < -0.3 is 10.1 Å². The molecule has 20 heavy (non-hydrogen) atoms. The molecule has 0 unspecified atom stereocenters. The molecular weight excluding hydrogens is 248 g/mol. The van der Waals surface area contributed by atoms with E-state index in [2.05, 4.69) is 36.3 Å². The van der Waals surface area contributed by atoms with E-state index < -0.39 is 0 Å². The maximum absolute atomic E-state index is 5.82. The van der Waals surface area contributed by atoms with Crippen LogP contribution in [0.5, 0.6) is 5.75 Å². The van der Waals surface area contributed by atoms with Gasteiger partial charge in [-0.15, -0.1) is 0 Å². The highest BCUT2D eigenvalue weighted by Crippen LogP contribution is 2.26. The summed E-state index contributed by atoms with van der Waals surface area (Å²) in [5, 5.41) is 5.70. The molecule has 0 aliphatic heterocycles. The van der Waals surface area contributed by atoms with Crippen LogP contribution < -0.4 is 10.1 Å². The van der Waals surface area contributed by atoms with E-state index in [1.807, 2.05) is 18.3 Å². The first kappa shape index (κ1) is 14.6. The number of hydrogen-bond acceptors (Lipinski definition) is 3. The number of benzene rings is 1. The topological polar surface area (TPSA) is 34.1 Å². The molecule has 2 aromatic rings. The van der Waals surface area contributed by atoms with E-state index in [1.165, 1.54) is 18.2 Å². The standard InChI is InChI=1S/C17H24N2O/c1-3-5-6-12-20-15-8-7-14-9-11-19-17(16(14)13-15)18-10-4-2/h7-9,11,13H,3-6,10,12H2,1-2H3,(H,18,19). The van der Waals surface area contributed by atoms with Gasteiger partial charge in [-0.05, 0) is 36.4 Å². The number of pyridine rings is 1. The van der Waals surface area contributed by atoms with E-state index >= 15 is 0 Å². The lowest BCUT2D eigenvalue weighted by molar-refractivity contribution is 0.306. The van der Waals surface area contributed by atoms with Crippen LogP contribution in [0.1, 0.15) is 39.5 Å². The van der Waals surface area contributed by atoms with E-state index in [9.17, 15) is 0 Å². The van der Waals surface area contributed by atoms with Crippen LogP contribution in [0.15, 0.2) is 30.5 Å². The molecule has 0 spiro atoms. The Bertz CT molecular complexity index is 540. The molecule has 2 rings (SSSR count). The average Bonchev–Trinajstić information content (AvgIpc) is 2.49. The van der Waals surface area contributed by atoms with Crippen molar-refractivity contribution in [3.05, 3.63) is 30.5 Å². The summed E-state index contributed by atoms with van der Waals surface area (Å²) in [6, 6.07) is 8.26. The summed E-state index contributed by atoms with van der Waals surface area (Å²) >= 11 is 0.